The van der Waals surface area contributed by atoms with Gasteiger partial charge < -0.3 is 8.94 Å². The SMILES string of the molecule is CC(C)(C)c1ccn(C(C)(C)C)n1.CC(C)(C)c1ccn[nH]1.CC(C)(C)c1cn[nH]c1.CC(C)(C)c1cn[nH]n1.CC(C)(C)c1cnn(C(C)(C)C)c1.CC(C)(C)c1nn[nH]n1.CC(C)(C)c1nnc(C(C)(C)C)o1.CC(C)(C)c1noc(C(C)(C)C)n1.CC(C)C.CC(C)C.CC(C)C.CC(C)C. The fraction of sp³-hybridized carbons (Fsp3) is 0.771. The van der Waals surface area contributed by atoms with Crippen molar-refractivity contribution >= 4 is 0 Å². The second kappa shape index (κ2) is 43.8. The Balaban J connectivity index is -0.000000535. The van der Waals surface area contributed by atoms with Crippen LogP contribution in [0.4, 0.5) is 0 Å². The third-order valence-electron chi connectivity index (χ3n) is 12.5. The van der Waals surface area contributed by atoms with Crippen LogP contribution in [-0.2, 0) is 65.2 Å². The number of aromatic nitrogens is 19. The molecule has 0 amide bonds. The van der Waals surface area contributed by atoms with Crippen LogP contribution < -0.4 is 0 Å². The van der Waals surface area contributed by atoms with Gasteiger partial charge in [0.1, 0.15) is 0 Å². The highest BCUT2D eigenvalue weighted by Gasteiger charge is 2.29. The van der Waals surface area contributed by atoms with Crippen molar-refractivity contribution in [3.05, 3.63) is 113 Å². The summed E-state index contributed by atoms with van der Waals surface area (Å²) in [6.07, 6.45) is 13.5. The topological polar surface area (TPSA) is 267 Å². The summed E-state index contributed by atoms with van der Waals surface area (Å²) >= 11 is 0. The zero-order chi connectivity index (χ0) is 83.0. The van der Waals surface area contributed by atoms with Crippen LogP contribution in [0.25, 0.3) is 0 Å². The Hall–Kier alpha value is -6.67. The number of hydrogen-bond acceptors (Lipinski definition) is 15. The van der Waals surface area contributed by atoms with Gasteiger partial charge in [0.15, 0.2) is 11.6 Å². The molecule has 0 aromatic carbocycles. The molecule has 8 aromatic heterocycles. The molecule has 0 bridgehead atoms. The molecule has 0 aliphatic heterocycles. The molecule has 104 heavy (non-hydrogen) atoms. The lowest BCUT2D eigenvalue weighted by Gasteiger charge is -2.20. The van der Waals surface area contributed by atoms with E-state index in [9.17, 15) is 0 Å². The number of nitrogens with zero attached hydrogens (tertiary/aromatic N) is 15. The van der Waals surface area contributed by atoms with Crippen molar-refractivity contribution in [1.29, 1.82) is 0 Å². The average molecular weight is 1460 g/mol. The van der Waals surface area contributed by atoms with Crippen molar-refractivity contribution in [1.82, 2.24) is 96.3 Å². The van der Waals surface area contributed by atoms with Gasteiger partial charge in [-0.3, -0.25) is 19.6 Å². The van der Waals surface area contributed by atoms with Gasteiger partial charge in [0.05, 0.1) is 41.1 Å². The van der Waals surface area contributed by atoms with E-state index in [-0.39, 0.29) is 65.2 Å². The Labute approximate surface area is 636 Å². The molecule has 0 radical (unpaired) electrons. The quantitative estimate of drug-likeness (QED) is 0.110. The van der Waals surface area contributed by atoms with Crippen molar-refractivity contribution in [3.8, 4) is 0 Å². The largest absolute Gasteiger partial charge is 0.424 e. The first-order valence-electron chi connectivity index (χ1n) is 37.6. The van der Waals surface area contributed by atoms with Crippen molar-refractivity contribution in [2.45, 2.75) is 398 Å². The first-order valence-corrected chi connectivity index (χ1v) is 37.6. The number of nitrogens with one attached hydrogen (secondary N) is 4. The minimum Gasteiger partial charge on any atom is -0.424 e. The number of H-pyrrole nitrogens is 4. The highest BCUT2D eigenvalue weighted by molar-refractivity contribution is 5.17. The van der Waals surface area contributed by atoms with Crippen LogP contribution in [0.15, 0.2) is 64.5 Å². The number of tetrazole rings is 1. The molecular weight excluding hydrogens is 1300 g/mol. The van der Waals surface area contributed by atoms with Crippen molar-refractivity contribution < 1.29 is 8.94 Å². The van der Waals surface area contributed by atoms with Crippen LogP contribution in [0.2, 0.25) is 0 Å². The van der Waals surface area contributed by atoms with Crippen LogP contribution in [-0.4, -0.2) is 96.3 Å². The van der Waals surface area contributed by atoms with E-state index in [0.717, 1.165) is 46.7 Å². The third-order valence-corrected chi connectivity index (χ3v) is 12.5. The second-order valence-electron chi connectivity index (χ2n) is 41.5. The average Bonchev–Trinajstić information content (AvgIpc) is 1.71. The zero-order valence-electron chi connectivity index (χ0n) is 76.0. The standard InChI is InChI=1S/2C11H20N2.2C10H18N2O.2C7H12N2.C6H11N3.C5H10N4.4C4H10/c1-10(2,3)9-7-12-13(8-9)11(4,5)6;1-10(2,3)9-7-8-13(12-9)11(4,5)6;1-9(2,3)7-11-12-8(13-7)10(4,5)6;1-9(2,3)7-11-8(13-12-7)10(4,5)6;1-7(2,3)6-4-8-9-5-6;1-7(2,3)6-4-5-8-9-6;1-6(2,3)5-4-7-9-8-5;1-5(2,3)4-6-8-9-7-4;4*1-4(2)3/h2*7-8H,1-6H3;2*1-6H3;2*4-5H,1-3H3,(H,8,9);4H,1-3H3,(H,7,8,9);1-3H3,(H,6,7,8,9);4*4H,1-3H3. The van der Waals surface area contributed by atoms with E-state index in [1.165, 1.54) is 16.8 Å². The predicted octanol–water partition coefficient (Wildman–Crippen LogP) is 22.9. The van der Waals surface area contributed by atoms with Crippen molar-refractivity contribution in [2.24, 2.45) is 23.7 Å². The monoisotopic (exact) mass is 1460 g/mol. The van der Waals surface area contributed by atoms with Gasteiger partial charge >= 0.3 is 0 Å². The van der Waals surface area contributed by atoms with Gasteiger partial charge in [-0.25, -0.2) is 0 Å². The minimum atomic E-state index is -0.0590. The Kier molecular flexibility index (Phi) is 43.7. The van der Waals surface area contributed by atoms with E-state index in [1.807, 2.05) is 54.8 Å². The molecule has 600 valence electrons. The van der Waals surface area contributed by atoms with Gasteiger partial charge in [0, 0.05) is 73.8 Å². The van der Waals surface area contributed by atoms with Gasteiger partial charge in [0.2, 0.25) is 17.7 Å². The van der Waals surface area contributed by atoms with E-state index in [0.29, 0.717) is 17.7 Å². The highest BCUT2D eigenvalue weighted by Crippen LogP contribution is 2.29. The van der Waals surface area contributed by atoms with Gasteiger partial charge in [-0.2, -0.15) is 46.0 Å². The molecule has 0 atom stereocenters. The maximum Gasteiger partial charge on any atom is 0.232 e. The second-order valence-corrected chi connectivity index (χ2v) is 41.5. The molecule has 0 aliphatic carbocycles. The molecule has 0 spiro atoms. The summed E-state index contributed by atoms with van der Waals surface area (Å²) in [5, 5.41) is 58.2. The summed E-state index contributed by atoms with van der Waals surface area (Å²) in [7, 11) is 0. The molecule has 8 aromatic rings. The Morgan fingerprint density at radius 3 is 0.981 bits per heavy atom. The van der Waals surface area contributed by atoms with E-state index < -0.39 is 0 Å². The maximum atomic E-state index is 5.59. The summed E-state index contributed by atoms with van der Waals surface area (Å²) in [5.74, 6) is 6.98. The fourth-order valence-corrected chi connectivity index (χ4v) is 6.21. The van der Waals surface area contributed by atoms with Gasteiger partial charge in [0.25, 0.3) is 0 Å². The molecule has 21 heteroatoms. The lowest BCUT2D eigenvalue weighted by molar-refractivity contribution is 0.314. The first-order chi connectivity index (χ1) is 46.2. The summed E-state index contributed by atoms with van der Waals surface area (Å²) in [6.45, 7) is 102. The lowest BCUT2D eigenvalue weighted by Crippen LogP contribution is -2.23. The molecule has 0 saturated heterocycles. The summed E-state index contributed by atoms with van der Waals surface area (Å²) in [4.78, 5) is 4.38. The van der Waals surface area contributed by atoms with E-state index >= 15 is 0 Å². The van der Waals surface area contributed by atoms with Gasteiger partial charge in [-0.15, -0.1) is 20.4 Å². The molecule has 8 rings (SSSR count). The highest BCUT2D eigenvalue weighted by atomic mass is 16.5. The molecule has 21 nitrogen and oxygen atoms in total. The van der Waals surface area contributed by atoms with Crippen molar-refractivity contribution in [3.63, 3.8) is 0 Å². The Bertz CT molecular complexity index is 2740. The maximum absolute atomic E-state index is 5.59. The van der Waals surface area contributed by atoms with Crippen molar-refractivity contribution in [2.75, 3.05) is 0 Å². The predicted molar refractivity (Wildman–Crippen MR) is 440 cm³/mol. The summed E-state index contributed by atoms with van der Waals surface area (Å²) in [5.41, 5.74) is 6.75. The Morgan fingerprint density at radius 2 is 0.798 bits per heavy atom. The van der Waals surface area contributed by atoms with Crippen LogP contribution >= 0.6 is 0 Å². The Morgan fingerprint density at radius 1 is 0.375 bits per heavy atom. The normalized spacial score (nSPS) is 12.2. The molecule has 0 unspecified atom stereocenters. The fourth-order valence-electron chi connectivity index (χ4n) is 6.21. The smallest absolute Gasteiger partial charge is 0.232 e. The van der Waals surface area contributed by atoms with Crippen LogP contribution in [0.1, 0.15) is 390 Å². The lowest BCUT2D eigenvalue weighted by atomic mass is 9.90. The van der Waals surface area contributed by atoms with Gasteiger partial charge in [-0.05, 0) is 99.3 Å². The van der Waals surface area contributed by atoms with Crippen LogP contribution in [0, 0.1) is 23.7 Å². The number of rotatable bonds is 0. The molecule has 0 aliphatic rings. The zero-order valence-corrected chi connectivity index (χ0v) is 76.0. The molecule has 8 heterocycles. The molecule has 0 saturated carbocycles. The third kappa shape index (κ3) is 50.7. The van der Waals surface area contributed by atoms with Gasteiger partial charge in [-0.1, -0.05) is 301 Å². The summed E-state index contributed by atoms with van der Waals surface area (Å²) in [6, 6.07) is 4.10. The minimum absolute atomic E-state index is 0.00694. The van der Waals surface area contributed by atoms with Crippen LogP contribution in [0.5, 0.6) is 0 Å². The van der Waals surface area contributed by atoms with E-state index in [2.05, 4.69) is 417 Å². The number of aromatic amines is 4. The van der Waals surface area contributed by atoms with E-state index in [4.69, 9.17) is 8.94 Å². The summed E-state index contributed by atoms with van der Waals surface area (Å²) < 4.78 is 14.8. The molecule has 0 fully saturated rings. The number of hydrogen-bond donors (Lipinski definition) is 4. The first kappa shape index (κ1) is 104. The van der Waals surface area contributed by atoms with E-state index in [1.54, 1.807) is 12.4 Å². The molecule has 4 N–H and O–H groups in total. The molecular formula is C83H161N19O2. The van der Waals surface area contributed by atoms with Crippen LogP contribution in [0.3, 0.4) is 0 Å².